The topological polar surface area (TPSA) is 48.5 Å². The molecule has 27 heavy (non-hydrogen) atoms. The summed E-state index contributed by atoms with van der Waals surface area (Å²) in [7, 11) is 0. The first-order chi connectivity index (χ1) is 12.7. The van der Waals surface area contributed by atoms with Crippen LogP contribution in [0, 0.1) is 6.92 Å². The first-order valence-electron chi connectivity index (χ1n) is 8.67. The number of carbonyl (C=O) groups is 1. The Bertz CT molecular complexity index is 807. The third kappa shape index (κ3) is 4.50. The van der Waals surface area contributed by atoms with E-state index in [1.165, 1.54) is 12.1 Å². The molecule has 1 aliphatic heterocycles. The second-order valence-corrected chi connectivity index (χ2v) is 6.63. The van der Waals surface area contributed by atoms with E-state index < -0.39 is 11.7 Å². The molecule has 1 aromatic carbocycles. The Morgan fingerprint density at radius 2 is 1.85 bits per heavy atom. The molecule has 0 spiro atoms. The Labute approximate surface area is 155 Å². The first-order valence-corrected chi connectivity index (χ1v) is 8.67. The molecule has 5 nitrogen and oxygen atoms in total. The van der Waals surface area contributed by atoms with E-state index in [9.17, 15) is 18.0 Å². The molecule has 1 saturated heterocycles. The number of benzene rings is 1. The number of halogens is 3. The van der Waals surface area contributed by atoms with E-state index in [0.717, 1.165) is 23.6 Å². The van der Waals surface area contributed by atoms with Crippen LogP contribution in [0.15, 0.2) is 42.5 Å². The smallest absolute Gasteiger partial charge is 0.353 e. The van der Waals surface area contributed by atoms with Crippen molar-refractivity contribution in [1.82, 2.24) is 9.88 Å². The van der Waals surface area contributed by atoms with Crippen LogP contribution in [-0.2, 0) is 6.18 Å². The van der Waals surface area contributed by atoms with Gasteiger partial charge >= 0.3 is 12.2 Å². The van der Waals surface area contributed by atoms with Crippen molar-refractivity contribution in [2.45, 2.75) is 26.1 Å². The summed E-state index contributed by atoms with van der Waals surface area (Å²) in [5, 5.41) is 2.67. The molecule has 2 aromatic rings. The number of nitrogens with one attached hydrogen (secondary N) is 1. The average molecular weight is 378 g/mol. The van der Waals surface area contributed by atoms with E-state index in [1.54, 1.807) is 4.90 Å². The van der Waals surface area contributed by atoms with E-state index >= 15 is 0 Å². The molecule has 0 saturated carbocycles. The fraction of sp³-hybridized carbons (Fsp3) is 0.368. The fourth-order valence-electron chi connectivity index (χ4n) is 3.11. The van der Waals surface area contributed by atoms with Crippen molar-refractivity contribution < 1.29 is 18.0 Å². The van der Waals surface area contributed by atoms with Crippen LogP contribution in [0.1, 0.15) is 18.2 Å². The lowest BCUT2D eigenvalue weighted by Gasteiger charge is -2.40. The number of rotatable bonds is 2. The van der Waals surface area contributed by atoms with Crippen LogP contribution in [0.4, 0.5) is 29.5 Å². The number of urea groups is 1. The van der Waals surface area contributed by atoms with Crippen LogP contribution >= 0.6 is 0 Å². The molecule has 1 fully saturated rings. The summed E-state index contributed by atoms with van der Waals surface area (Å²) in [6.07, 6.45) is -4.39. The Kier molecular flexibility index (Phi) is 5.25. The predicted molar refractivity (Wildman–Crippen MR) is 97.8 cm³/mol. The largest absolute Gasteiger partial charge is 0.416 e. The van der Waals surface area contributed by atoms with Crippen molar-refractivity contribution in [2.24, 2.45) is 0 Å². The minimum atomic E-state index is -4.39. The Hall–Kier alpha value is -2.77. The van der Waals surface area contributed by atoms with Crippen molar-refractivity contribution in [3.8, 4) is 0 Å². The molecule has 3 rings (SSSR count). The molecule has 8 heteroatoms. The monoisotopic (exact) mass is 378 g/mol. The zero-order chi connectivity index (χ0) is 19.6. The number of piperazine rings is 1. The van der Waals surface area contributed by atoms with Gasteiger partial charge < -0.3 is 15.1 Å². The Morgan fingerprint density at radius 3 is 2.44 bits per heavy atom. The number of aromatic nitrogens is 1. The van der Waals surface area contributed by atoms with Gasteiger partial charge in [-0.25, -0.2) is 9.78 Å². The van der Waals surface area contributed by atoms with Gasteiger partial charge in [-0.15, -0.1) is 0 Å². The summed E-state index contributed by atoms with van der Waals surface area (Å²) >= 11 is 0. The third-order valence-corrected chi connectivity index (χ3v) is 4.55. The number of amides is 2. The van der Waals surface area contributed by atoms with Crippen molar-refractivity contribution in [1.29, 1.82) is 0 Å². The Balaban J connectivity index is 1.61. The number of anilines is 2. The highest BCUT2D eigenvalue weighted by Crippen LogP contribution is 2.30. The zero-order valence-electron chi connectivity index (χ0n) is 15.1. The molecule has 1 aliphatic rings. The number of alkyl halides is 3. The maximum absolute atomic E-state index is 12.6. The molecule has 0 radical (unpaired) electrons. The van der Waals surface area contributed by atoms with Gasteiger partial charge in [-0.05, 0) is 50.2 Å². The number of pyridine rings is 1. The molecule has 144 valence electrons. The summed E-state index contributed by atoms with van der Waals surface area (Å²) in [6.45, 7) is 5.65. The summed E-state index contributed by atoms with van der Waals surface area (Å²) in [5.74, 6) is 0.879. The molecule has 0 aliphatic carbocycles. The lowest BCUT2D eigenvalue weighted by molar-refractivity contribution is -0.137. The molecular weight excluding hydrogens is 357 g/mol. The quantitative estimate of drug-likeness (QED) is 0.854. The summed E-state index contributed by atoms with van der Waals surface area (Å²) < 4.78 is 37.9. The van der Waals surface area contributed by atoms with Crippen molar-refractivity contribution >= 4 is 17.5 Å². The van der Waals surface area contributed by atoms with E-state index in [1.807, 2.05) is 32.0 Å². The number of hydrogen-bond acceptors (Lipinski definition) is 3. The fourth-order valence-corrected chi connectivity index (χ4v) is 3.11. The van der Waals surface area contributed by atoms with E-state index in [-0.39, 0.29) is 12.1 Å². The molecule has 1 atom stereocenters. The standard InChI is InChI=1S/C19H21F3N4O/c1-13-4-3-5-17(23-13)25-10-11-26(14(2)12-25)18(27)24-16-8-6-15(7-9-16)19(20,21)22/h3-9,14H,10-12H2,1-2H3,(H,24,27)/t14-/m1/s1. The third-order valence-electron chi connectivity index (χ3n) is 4.55. The lowest BCUT2D eigenvalue weighted by atomic mass is 10.2. The molecule has 0 unspecified atom stereocenters. The summed E-state index contributed by atoms with van der Waals surface area (Å²) in [5.41, 5.74) is 0.527. The van der Waals surface area contributed by atoms with Gasteiger partial charge in [0.25, 0.3) is 0 Å². The molecule has 2 heterocycles. The highest BCUT2D eigenvalue weighted by atomic mass is 19.4. The second-order valence-electron chi connectivity index (χ2n) is 6.63. The van der Waals surface area contributed by atoms with Gasteiger partial charge in [-0.2, -0.15) is 13.2 Å². The van der Waals surface area contributed by atoms with Crippen LogP contribution < -0.4 is 10.2 Å². The van der Waals surface area contributed by atoms with Gasteiger partial charge in [0, 0.05) is 37.1 Å². The Morgan fingerprint density at radius 1 is 1.15 bits per heavy atom. The van der Waals surface area contributed by atoms with Crippen LogP contribution in [0.3, 0.4) is 0 Å². The zero-order valence-corrected chi connectivity index (χ0v) is 15.1. The van der Waals surface area contributed by atoms with Crippen molar-refractivity contribution in [3.05, 3.63) is 53.7 Å². The number of aryl methyl sites for hydroxylation is 1. The van der Waals surface area contributed by atoms with Gasteiger partial charge in [-0.3, -0.25) is 0 Å². The van der Waals surface area contributed by atoms with E-state index in [2.05, 4.69) is 15.2 Å². The van der Waals surface area contributed by atoms with Gasteiger partial charge in [0.1, 0.15) is 5.82 Å². The minimum absolute atomic E-state index is 0.0597. The average Bonchev–Trinajstić information content (AvgIpc) is 2.61. The van der Waals surface area contributed by atoms with Gasteiger partial charge in [0.15, 0.2) is 0 Å². The molecule has 1 N–H and O–H groups in total. The van der Waals surface area contributed by atoms with Gasteiger partial charge in [0.2, 0.25) is 0 Å². The maximum Gasteiger partial charge on any atom is 0.416 e. The number of hydrogen-bond donors (Lipinski definition) is 1. The van der Waals surface area contributed by atoms with E-state index in [4.69, 9.17) is 0 Å². The molecule has 2 amide bonds. The normalized spacial score (nSPS) is 17.7. The van der Waals surface area contributed by atoms with Crippen LogP contribution in [-0.4, -0.2) is 41.6 Å². The van der Waals surface area contributed by atoms with Gasteiger partial charge in [-0.1, -0.05) is 6.07 Å². The van der Waals surface area contributed by atoms with E-state index in [0.29, 0.717) is 25.3 Å². The number of carbonyl (C=O) groups excluding carboxylic acids is 1. The van der Waals surface area contributed by atoms with Gasteiger partial charge in [0.05, 0.1) is 5.56 Å². The van der Waals surface area contributed by atoms with Crippen molar-refractivity contribution in [2.75, 3.05) is 29.9 Å². The molecule has 1 aromatic heterocycles. The SMILES string of the molecule is Cc1cccc(N2CCN(C(=O)Nc3ccc(C(F)(F)F)cc3)[C@H](C)C2)n1. The maximum atomic E-state index is 12.6. The van der Waals surface area contributed by atoms with Crippen molar-refractivity contribution in [3.63, 3.8) is 0 Å². The number of nitrogens with zero attached hydrogens (tertiary/aromatic N) is 3. The highest BCUT2D eigenvalue weighted by Gasteiger charge is 2.31. The highest BCUT2D eigenvalue weighted by molar-refractivity contribution is 5.89. The summed E-state index contributed by atoms with van der Waals surface area (Å²) in [6, 6.07) is 9.89. The molecule has 0 bridgehead atoms. The van der Waals surface area contributed by atoms with Crippen LogP contribution in [0.5, 0.6) is 0 Å². The summed E-state index contributed by atoms with van der Waals surface area (Å²) in [4.78, 5) is 20.8. The first kappa shape index (κ1) is 19.0. The minimum Gasteiger partial charge on any atom is -0.353 e. The predicted octanol–water partition coefficient (Wildman–Crippen LogP) is 4.15. The second kappa shape index (κ2) is 7.46. The van der Waals surface area contributed by atoms with Crippen LogP contribution in [0.25, 0.3) is 0 Å². The lowest BCUT2D eigenvalue weighted by Crippen LogP contribution is -2.55. The molecular formula is C19H21F3N4O. The van der Waals surface area contributed by atoms with Crippen LogP contribution in [0.2, 0.25) is 0 Å².